The number of hydrogen-bond donors (Lipinski definition) is 1. The SMILES string of the molecule is Cc1cc(N2CCCCC2CCN)ccc1Br. The Kier molecular flexibility index (Phi) is 4.46. The second kappa shape index (κ2) is 5.87. The van der Waals surface area contributed by atoms with Crippen LogP contribution in [0.25, 0.3) is 0 Å². The van der Waals surface area contributed by atoms with Gasteiger partial charge in [-0.15, -0.1) is 0 Å². The van der Waals surface area contributed by atoms with Gasteiger partial charge in [0.25, 0.3) is 0 Å². The van der Waals surface area contributed by atoms with Crippen LogP contribution in [0.15, 0.2) is 22.7 Å². The summed E-state index contributed by atoms with van der Waals surface area (Å²) in [4.78, 5) is 2.54. The van der Waals surface area contributed by atoms with Crippen molar-refractivity contribution in [3.63, 3.8) is 0 Å². The number of rotatable bonds is 3. The average molecular weight is 297 g/mol. The molecule has 2 N–H and O–H groups in total. The molecule has 1 saturated heterocycles. The number of piperidine rings is 1. The Morgan fingerprint density at radius 2 is 2.24 bits per heavy atom. The first-order valence-electron chi connectivity index (χ1n) is 6.45. The molecule has 1 aliphatic heterocycles. The van der Waals surface area contributed by atoms with Gasteiger partial charge in [0.2, 0.25) is 0 Å². The van der Waals surface area contributed by atoms with Gasteiger partial charge in [0.05, 0.1) is 0 Å². The van der Waals surface area contributed by atoms with Crippen molar-refractivity contribution in [3.8, 4) is 0 Å². The average Bonchev–Trinajstić information content (AvgIpc) is 2.34. The molecule has 1 aromatic rings. The monoisotopic (exact) mass is 296 g/mol. The molecular weight excluding hydrogens is 276 g/mol. The minimum atomic E-state index is 0.634. The molecule has 0 amide bonds. The van der Waals surface area contributed by atoms with E-state index in [4.69, 9.17) is 5.73 Å². The molecule has 2 nitrogen and oxygen atoms in total. The van der Waals surface area contributed by atoms with E-state index < -0.39 is 0 Å². The smallest absolute Gasteiger partial charge is 0.0372 e. The van der Waals surface area contributed by atoms with Gasteiger partial charge < -0.3 is 10.6 Å². The first-order chi connectivity index (χ1) is 8.22. The molecule has 0 radical (unpaired) electrons. The molecule has 1 aromatic carbocycles. The molecule has 94 valence electrons. The Morgan fingerprint density at radius 3 is 2.94 bits per heavy atom. The molecule has 1 aliphatic rings. The quantitative estimate of drug-likeness (QED) is 0.925. The van der Waals surface area contributed by atoms with Crippen molar-refractivity contribution < 1.29 is 0 Å². The standard InChI is InChI=1S/C14H21BrN2/c1-11-10-13(5-6-14(11)15)17-9-3-2-4-12(17)7-8-16/h5-6,10,12H,2-4,7-9,16H2,1H3. The lowest BCUT2D eigenvalue weighted by atomic mass is 9.98. The van der Waals surface area contributed by atoms with E-state index in [-0.39, 0.29) is 0 Å². The van der Waals surface area contributed by atoms with Crippen LogP contribution in [0.3, 0.4) is 0 Å². The van der Waals surface area contributed by atoms with Crippen LogP contribution in [0.2, 0.25) is 0 Å². The highest BCUT2D eigenvalue weighted by Crippen LogP contribution is 2.29. The summed E-state index contributed by atoms with van der Waals surface area (Å²) in [7, 11) is 0. The molecule has 1 atom stereocenters. The first kappa shape index (κ1) is 12.9. The summed E-state index contributed by atoms with van der Waals surface area (Å²) in [5, 5.41) is 0. The van der Waals surface area contributed by atoms with Gasteiger partial charge in [-0.05, 0) is 62.9 Å². The minimum Gasteiger partial charge on any atom is -0.368 e. The van der Waals surface area contributed by atoms with E-state index in [1.165, 1.54) is 41.5 Å². The van der Waals surface area contributed by atoms with Gasteiger partial charge in [0.1, 0.15) is 0 Å². The van der Waals surface area contributed by atoms with E-state index in [0.29, 0.717) is 6.04 Å². The van der Waals surface area contributed by atoms with Crippen molar-refractivity contribution in [2.75, 3.05) is 18.0 Å². The Bertz CT molecular complexity index is 376. The molecule has 17 heavy (non-hydrogen) atoms. The molecule has 1 heterocycles. The Labute approximate surface area is 112 Å². The van der Waals surface area contributed by atoms with Gasteiger partial charge >= 0.3 is 0 Å². The van der Waals surface area contributed by atoms with Gasteiger partial charge in [-0.3, -0.25) is 0 Å². The van der Waals surface area contributed by atoms with Gasteiger partial charge in [-0.25, -0.2) is 0 Å². The predicted molar refractivity (Wildman–Crippen MR) is 77.5 cm³/mol. The third-order valence-electron chi connectivity index (χ3n) is 3.60. The topological polar surface area (TPSA) is 29.3 Å². The fraction of sp³-hybridized carbons (Fsp3) is 0.571. The molecule has 1 unspecified atom stereocenters. The van der Waals surface area contributed by atoms with Crippen molar-refractivity contribution in [2.24, 2.45) is 5.73 Å². The summed E-state index contributed by atoms with van der Waals surface area (Å²) in [5.41, 5.74) is 8.38. The summed E-state index contributed by atoms with van der Waals surface area (Å²) < 4.78 is 1.19. The lowest BCUT2D eigenvalue weighted by Crippen LogP contribution is -2.40. The molecule has 3 heteroatoms. The zero-order valence-electron chi connectivity index (χ0n) is 10.5. The maximum Gasteiger partial charge on any atom is 0.0372 e. The zero-order chi connectivity index (χ0) is 12.3. The highest BCUT2D eigenvalue weighted by molar-refractivity contribution is 9.10. The van der Waals surface area contributed by atoms with Crippen LogP contribution < -0.4 is 10.6 Å². The van der Waals surface area contributed by atoms with Crippen LogP contribution in [0.5, 0.6) is 0 Å². The number of nitrogens with zero attached hydrogens (tertiary/aromatic N) is 1. The van der Waals surface area contributed by atoms with Crippen molar-refractivity contribution in [3.05, 3.63) is 28.2 Å². The van der Waals surface area contributed by atoms with E-state index in [1.807, 2.05) is 0 Å². The fourth-order valence-electron chi connectivity index (χ4n) is 2.64. The third-order valence-corrected chi connectivity index (χ3v) is 4.49. The van der Waals surface area contributed by atoms with Crippen LogP contribution >= 0.6 is 15.9 Å². The van der Waals surface area contributed by atoms with Gasteiger partial charge in [0, 0.05) is 22.7 Å². The summed E-state index contributed by atoms with van der Waals surface area (Å²) in [5.74, 6) is 0. The first-order valence-corrected chi connectivity index (χ1v) is 7.24. The van der Waals surface area contributed by atoms with E-state index in [9.17, 15) is 0 Å². The second-order valence-electron chi connectivity index (χ2n) is 4.85. The van der Waals surface area contributed by atoms with Crippen molar-refractivity contribution in [2.45, 2.75) is 38.6 Å². The van der Waals surface area contributed by atoms with Crippen LogP contribution in [0, 0.1) is 6.92 Å². The highest BCUT2D eigenvalue weighted by Gasteiger charge is 2.21. The molecule has 0 spiro atoms. The largest absolute Gasteiger partial charge is 0.368 e. The number of benzene rings is 1. The Morgan fingerprint density at radius 1 is 1.41 bits per heavy atom. The van der Waals surface area contributed by atoms with Gasteiger partial charge in [-0.2, -0.15) is 0 Å². The molecular formula is C14H21BrN2. The van der Waals surface area contributed by atoms with E-state index in [1.54, 1.807) is 0 Å². The number of hydrogen-bond acceptors (Lipinski definition) is 2. The van der Waals surface area contributed by atoms with Crippen LogP contribution in [-0.4, -0.2) is 19.1 Å². The number of nitrogens with two attached hydrogens (primary N) is 1. The molecule has 1 fully saturated rings. The molecule has 0 saturated carbocycles. The maximum absolute atomic E-state index is 5.72. The normalized spacial score (nSPS) is 20.6. The van der Waals surface area contributed by atoms with E-state index in [0.717, 1.165) is 13.0 Å². The van der Waals surface area contributed by atoms with Crippen molar-refractivity contribution in [1.29, 1.82) is 0 Å². The fourth-order valence-corrected chi connectivity index (χ4v) is 2.89. The number of anilines is 1. The van der Waals surface area contributed by atoms with Crippen molar-refractivity contribution >= 4 is 21.6 Å². The third kappa shape index (κ3) is 3.02. The van der Waals surface area contributed by atoms with Crippen LogP contribution in [-0.2, 0) is 0 Å². The minimum absolute atomic E-state index is 0.634. The summed E-state index contributed by atoms with van der Waals surface area (Å²) in [6.45, 7) is 4.11. The maximum atomic E-state index is 5.72. The summed E-state index contributed by atoms with van der Waals surface area (Å²) in [6, 6.07) is 7.28. The molecule has 0 aliphatic carbocycles. The zero-order valence-corrected chi connectivity index (χ0v) is 12.0. The second-order valence-corrected chi connectivity index (χ2v) is 5.71. The Balaban J connectivity index is 2.20. The molecule has 0 bridgehead atoms. The number of aryl methyl sites for hydroxylation is 1. The van der Waals surface area contributed by atoms with E-state index >= 15 is 0 Å². The Hall–Kier alpha value is -0.540. The summed E-state index contributed by atoms with van der Waals surface area (Å²) in [6.07, 6.45) is 5.04. The summed E-state index contributed by atoms with van der Waals surface area (Å²) >= 11 is 3.56. The van der Waals surface area contributed by atoms with Gasteiger partial charge in [-0.1, -0.05) is 15.9 Å². The molecule has 2 rings (SSSR count). The molecule has 0 aromatic heterocycles. The van der Waals surface area contributed by atoms with Crippen molar-refractivity contribution in [1.82, 2.24) is 0 Å². The predicted octanol–water partition coefficient (Wildman–Crippen LogP) is 3.47. The lowest BCUT2D eigenvalue weighted by molar-refractivity contribution is 0.442. The number of halogens is 1. The van der Waals surface area contributed by atoms with Crippen LogP contribution in [0.1, 0.15) is 31.2 Å². The van der Waals surface area contributed by atoms with Crippen LogP contribution in [0.4, 0.5) is 5.69 Å². The highest BCUT2D eigenvalue weighted by atomic mass is 79.9. The van der Waals surface area contributed by atoms with E-state index in [2.05, 4.69) is 46.0 Å². The lowest BCUT2D eigenvalue weighted by Gasteiger charge is -2.37. The van der Waals surface area contributed by atoms with Gasteiger partial charge in [0.15, 0.2) is 0 Å².